The van der Waals surface area contributed by atoms with Gasteiger partial charge in [0.2, 0.25) is 10.0 Å². The van der Waals surface area contributed by atoms with Crippen LogP contribution in [0.25, 0.3) is 10.8 Å². The Kier molecular flexibility index (Phi) is 6.39. The molecule has 0 aliphatic carbocycles. The summed E-state index contributed by atoms with van der Waals surface area (Å²) in [4.78, 5) is 2.71. The molecule has 2 aliphatic heterocycles. The Morgan fingerprint density at radius 2 is 1.86 bits per heavy atom. The Morgan fingerprint density at radius 3 is 2.62 bits per heavy atom. The molecule has 0 amide bonds. The van der Waals surface area contributed by atoms with Crippen LogP contribution in [0.1, 0.15) is 26.2 Å². The molecule has 0 unspecified atom stereocenters. The second-order valence-corrected chi connectivity index (χ2v) is 9.64. The molecular weight excluding hydrogens is 388 g/mol. The van der Waals surface area contributed by atoms with E-state index >= 15 is 0 Å². The van der Waals surface area contributed by atoms with Crippen LogP contribution in [-0.4, -0.2) is 69.7 Å². The van der Waals surface area contributed by atoms with Gasteiger partial charge < -0.3 is 9.47 Å². The molecule has 0 saturated carbocycles. The molecule has 2 aromatic rings. The molecule has 2 aromatic carbocycles. The molecule has 0 bridgehead atoms. The molecule has 2 aliphatic rings. The van der Waals surface area contributed by atoms with Crippen molar-refractivity contribution in [3.05, 3.63) is 36.4 Å². The van der Waals surface area contributed by atoms with Crippen molar-refractivity contribution in [2.24, 2.45) is 0 Å². The summed E-state index contributed by atoms with van der Waals surface area (Å²) in [5.74, 6) is 0.723. The first-order valence-corrected chi connectivity index (χ1v) is 12.0. The van der Waals surface area contributed by atoms with Crippen molar-refractivity contribution < 1.29 is 17.9 Å². The molecule has 0 radical (unpaired) electrons. The van der Waals surface area contributed by atoms with E-state index in [4.69, 9.17) is 9.47 Å². The molecular formula is C22H30N2O4S. The van der Waals surface area contributed by atoms with E-state index in [0.717, 1.165) is 62.0 Å². The second kappa shape index (κ2) is 9.00. The molecule has 2 fully saturated rings. The third kappa shape index (κ3) is 4.43. The van der Waals surface area contributed by atoms with Crippen molar-refractivity contribution in [2.45, 2.75) is 37.2 Å². The standard InChI is InChI=1S/C22H30N2O4S/c1-2-27-21-10-11-22(20-9-4-3-8-19(20)21)29(25,26)24-13-6-12-23(14-15-24)17-18-7-5-16-28-18/h3-4,8-11,18H,2,5-7,12-17H2,1H3/t18-/m1/s1. The molecule has 0 N–H and O–H groups in total. The van der Waals surface area contributed by atoms with E-state index in [1.165, 1.54) is 0 Å². The first kappa shape index (κ1) is 20.6. The van der Waals surface area contributed by atoms with E-state index in [2.05, 4.69) is 4.90 Å². The predicted octanol–water partition coefficient (Wildman–Crippen LogP) is 3.11. The Morgan fingerprint density at radius 1 is 1.03 bits per heavy atom. The van der Waals surface area contributed by atoms with E-state index in [0.29, 0.717) is 30.7 Å². The van der Waals surface area contributed by atoms with Crippen LogP contribution >= 0.6 is 0 Å². The van der Waals surface area contributed by atoms with Crippen molar-refractivity contribution >= 4 is 20.8 Å². The van der Waals surface area contributed by atoms with E-state index < -0.39 is 10.0 Å². The highest BCUT2D eigenvalue weighted by Crippen LogP contribution is 2.33. The normalized spacial score (nSPS) is 22.0. The smallest absolute Gasteiger partial charge is 0.243 e. The SMILES string of the molecule is CCOc1ccc(S(=O)(=O)N2CCCN(C[C@H]3CCCO3)CC2)c2ccccc12. The van der Waals surface area contributed by atoms with Crippen LogP contribution in [0.2, 0.25) is 0 Å². The van der Waals surface area contributed by atoms with Gasteiger partial charge in [-0.15, -0.1) is 0 Å². The Hall–Kier alpha value is -1.67. The van der Waals surface area contributed by atoms with Gasteiger partial charge in [-0.05, 0) is 44.9 Å². The van der Waals surface area contributed by atoms with E-state index in [1.807, 2.05) is 31.2 Å². The summed E-state index contributed by atoms with van der Waals surface area (Å²) < 4.78 is 40.1. The van der Waals surface area contributed by atoms with Crippen LogP contribution in [-0.2, 0) is 14.8 Å². The average Bonchev–Trinajstić information content (AvgIpc) is 3.11. The lowest BCUT2D eigenvalue weighted by atomic mass is 10.1. The third-order valence-corrected chi connectivity index (χ3v) is 7.75. The monoisotopic (exact) mass is 418 g/mol. The first-order valence-electron chi connectivity index (χ1n) is 10.6. The minimum atomic E-state index is -3.57. The number of ether oxygens (including phenoxy) is 2. The Labute approximate surface area is 173 Å². The number of fused-ring (bicyclic) bond motifs is 1. The minimum Gasteiger partial charge on any atom is -0.493 e. The fourth-order valence-corrected chi connectivity index (χ4v) is 6.00. The molecule has 6 nitrogen and oxygen atoms in total. The second-order valence-electron chi connectivity index (χ2n) is 7.73. The van der Waals surface area contributed by atoms with Crippen molar-refractivity contribution in [1.29, 1.82) is 0 Å². The highest BCUT2D eigenvalue weighted by molar-refractivity contribution is 7.89. The lowest BCUT2D eigenvalue weighted by molar-refractivity contribution is 0.0749. The van der Waals surface area contributed by atoms with Gasteiger partial charge in [0.05, 0.1) is 17.6 Å². The van der Waals surface area contributed by atoms with Gasteiger partial charge in [0.25, 0.3) is 0 Å². The van der Waals surface area contributed by atoms with Crippen LogP contribution in [0.15, 0.2) is 41.3 Å². The molecule has 1 atom stereocenters. The number of hydrogen-bond donors (Lipinski definition) is 0. The fourth-order valence-electron chi connectivity index (χ4n) is 4.34. The summed E-state index contributed by atoms with van der Waals surface area (Å²) in [7, 11) is -3.57. The molecule has 2 saturated heterocycles. The maximum absolute atomic E-state index is 13.5. The highest BCUT2D eigenvalue weighted by atomic mass is 32.2. The van der Waals surface area contributed by atoms with Crippen molar-refractivity contribution in [3.8, 4) is 5.75 Å². The molecule has 29 heavy (non-hydrogen) atoms. The molecule has 0 aromatic heterocycles. The Bertz CT molecular complexity index is 941. The largest absolute Gasteiger partial charge is 0.493 e. The summed E-state index contributed by atoms with van der Waals surface area (Å²) in [6.45, 7) is 6.94. The lowest BCUT2D eigenvalue weighted by Crippen LogP contribution is -2.37. The summed E-state index contributed by atoms with van der Waals surface area (Å²) in [5.41, 5.74) is 0. The summed E-state index contributed by atoms with van der Waals surface area (Å²) in [5, 5.41) is 1.56. The zero-order chi connectivity index (χ0) is 20.3. The number of benzene rings is 2. The van der Waals surface area contributed by atoms with Crippen LogP contribution in [0.3, 0.4) is 0 Å². The van der Waals surface area contributed by atoms with E-state index in [9.17, 15) is 8.42 Å². The molecule has 158 valence electrons. The minimum absolute atomic E-state index is 0.299. The van der Waals surface area contributed by atoms with Crippen LogP contribution < -0.4 is 4.74 Å². The van der Waals surface area contributed by atoms with Gasteiger partial charge in [0, 0.05) is 43.6 Å². The van der Waals surface area contributed by atoms with Crippen molar-refractivity contribution in [1.82, 2.24) is 9.21 Å². The van der Waals surface area contributed by atoms with Gasteiger partial charge in [-0.3, -0.25) is 4.90 Å². The highest BCUT2D eigenvalue weighted by Gasteiger charge is 2.30. The topological polar surface area (TPSA) is 59.1 Å². The van der Waals surface area contributed by atoms with Gasteiger partial charge in [-0.25, -0.2) is 8.42 Å². The third-order valence-electron chi connectivity index (χ3n) is 5.80. The quantitative estimate of drug-likeness (QED) is 0.721. The maximum Gasteiger partial charge on any atom is 0.243 e. The van der Waals surface area contributed by atoms with Gasteiger partial charge in [0.1, 0.15) is 5.75 Å². The number of rotatable bonds is 6. The predicted molar refractivity (Wildman–Crippen MR) is 114 cm³/mol. The Balaban J connectivity index is 1.56. The number of hydrogen-bond acceptors (Lipinski definition) is 5. The van der Waals surface area contributed by atoms with E-state index in [1.54, 1.807) is 16.4 Å². The summed E-state index contributed by atoms with van der Waals surface area (Å²) in [6.07, 6.45) is 3.37. The van der Waals surface area contributed by atoms with Crippen LogP contribution in [0.5, 0.6) is 5.75 Å². The lowest BCUT2D eigenvalue weighted by Gasteiger charge is -2.24. The van der Waals surface area contributed by atoms with Crippen molar-refractivity contribution in [3.63, 3.8) is 0 Å². The fraction of sp³-hybridized carbons (Fsp3) is 0.545. The van der Waals surface area contributed by atoms with Gasteiger partial charge in [0.15, 0.2) is 0 Å². The van der Waals surface area contributed by atoms with Gasteiger partial charge in [-0.1, -0.05) is 24.3 Å². The number of nitrogens with zero attached hydrogens (tertiary/aromatic N) is 2. The summed E-state index contributed by atoms with van der Waals surface area (Å²) in [6, 6.07) is 11.0. The maximum atomic E-state index is 13.5. The summed E-state index contributed by atoms with van der Waals surface area (Å²) >= 11 is 0. The van der Waals surface area contributed by atoms with Crippen molar-refractivity contribution in [2.75, 3.05) is 45.9 Å². The van der Waals surface area contributed by atoms with Gasteiger partial charge >= 0.3 is 0 Å². The van der Waals surface area contributed by atoms with Crippen LogP contribution in [0, 0.1) is 0 Å². The molecule has 7 heteroatoms. The molecule has 4 rings (SSSR count). The van der Waals surface area contributed by atoms with Crippen LogP contribution in [0.4, 0.5) is 0 Å². The molecule has 0 spiro atoms. The average molecular weight is 419 g/mol. The van der Waals surface area contributed by atoms with E-state index in [-0.39, 0.29) is 0 Å². The first-order chi connectivity index (χ1) is 14.1. The number of sulfonamides is 1. The zero-order valence-corrected chi connectivity index (χ0v) is 17.9. The zero-order valence-electron chi connectivity index (χ0n) is 17.0. The van der Waals surface area contributed by atoms with Gasteiger partial charge in [-0.2, -0.15) is 4.31 Å². The molecule has 2 heterocycles.